The molecule has 0 saturated carbocycles. The number of pyridine rings is 1. The average molecular weight is 370 g/mol. The highest BCUT2D eigenvalue weighted by atomic mass is 16.5. The molecule has 2 aromatic rings. The summed E-state index contributed by atoms with van der Waals surface area (Å²) in [5.41, 5.74) is 1.88. The van der Waals surface area contributed by atoms with Crippen molar-refractivity contribution in [2.24, 2.45) is 13.0 Å². The first kappa shape index (κ1) is 19.5. The van der Waals surface area contributed by atoms with Gasteiger partial charge in [-0.05, 0) is 50.7 Å². The summed E-state index contributed by atoms with van der Waals surface area (Å²) in [7, 11) is 6.02. The Labute approximate surface area is 160 Å². The fourth-order valence-electron chi connectivity index (χ4n) is 3.77. The molecule has 0 amide bonds. The van der Waals surface area contributed by atoms with Crippen molar-refractivity contribution in [1.82, 2.24) is 14.8 Å². The number of fused-ring (bicyclic) bond motifs is 3. The Bertz CT molecular complexity index is 1020. The minimum atomic E-state index is 0.0292. The van der Waals surface area contributed by atoms with E-state index >= 15 is 0 Å². The van der Waals surface area contributed by atoms with Crippen LogP contribution in [0.4, 0.5) is 0 Å². The zero-order chi connectivity index (χ0) is 19.7. The molecule has 1 N–H and O–H groups in total. The topological polar surface area (TPSA) is 46.5 Å². The first-order chi connectivity index (χ1) is 12.8. The van der Waals surface area contributed by atoms with E-state index in [1.54, 1.807) is 4.57 Å². The largest absolute Gasteiger partial charge is 0.492 e. The maximum Gasteiger partial charge on any atom is 0.260 e. The number of ether oxygens (including phenoxy) is 1. The van der Waals surface area contributed by atoms with E-state index < -0.39 is 0 Å². The highest BCUT2D eigenvalue weighted by molar-refractivity contribution is 5.83. The number of likely N-dealkylation sites (N-methyl/N-ethyl adjacent to an activating group) is 1. The highest BCUT2D eigenvalue weighted by Gasteiger charge is 2.15. The lowest BCUT2D eigenvalue weighted by Crippen LogP contribution is -2.50. The summed E-state index contributed by atoms with van der Waals surface area (Å²) in [5, 5.41) is 6.15. The number of hydrogen-bond acceptors (Lipinski definition) is 4. The Hall–Kier alpha value is -2.27. The SMILES string of the molecule is CC1=c2c(c3ccc(OC[C@H](CC(C)C)N(C)C)cc3n(C)c2=O)=CCN1. The standard InChI is InChI=1S/C22H31N3O2/c1-14(2)11-16(24(4)5)13-27-17-7-8-18-19-9-10-23-15(3)21(19)22(26)25(6)20(18)12-17/h7-9,12,14,16,23H,10-11,13H2,1-6H3/t16-/m0/s1. The molecule has 0 bridgehead atoms. The smallest absolute Gasteiger partial charge is 0.260 e. The second kappa shape index (κ2) is 7.77. The van der Waals surface area contributed by atoms with Crippen LogP contribution in [0, 0.1) is 5.92 Å². The van der Waals surface area contributed by atoms with E-state index in [0.29, 0.717) is 18.6 Å². The number of benzene rings is 1. The van der Waals surface area contributed by atoms with Crippen LogP contribution in [0.3, 0.4) is 0 Å². The van der Waals surface area contributed by atoms with Gasteiger partial charge in [-0.15, -0.1) is 0 Å². The molecule has 1 aliphatic heterocycles. The van der Waals surface area contributed by atoms with Gasteiger partial charge in [0, 0.05) is 36.8 Å². The van der Waals surface area contributed by atoms with Crippen molar-refractivity contribution in [3.05, 3.63) is 39.0 Å². The molecule has 1 aromatic carbocycles. The molecular weight excluding hydrogens is 338 g/mol. The van der Waals surface area contributed by atoms with Gasteiger partial charge in [-0.3, -0.25) is 4.79 Å². The lowest BCUT2D eigenvalue weighted by Gasteiger charge is -2.26. The molecule has 0 saturated heterocycles. The van der Waals surface area contributed by atoms with Gasteiger partial charge in [0.05, 0.1) is 10.7 Å². The van der Waals surface area contributed by atoms with Gasteiger partial charge in [0.2, 0.25) is 0 Å². The van der Waals surface area contributed by atoms with Crippen molar-refractivity contribution in [2.45, 2.75) is 33.2 Å². The summed E-state index contributed by atoms with van der Waals surface area (Å²) in [6.45, 7) is 7.82. The van der Waals surface area contributed by atoms with Crippen LogP contribution in [0.15, 0.2) is 23.0 Å². The number of nitrogens with zero attached hydrogens (tertiary/aromatic N) is 2. The van der Waals surface area contributed by atoms with Crippen LogP contribution in [-0.4, -0.2) is 42.8 Å². The molecule has 146 valence electrons. The van der Waals surface area contributed by atoms with Crippen LogP contribution >= 0.6 is 0 Å². The van der Waals surface area contributed by atoms with Crippen molar-refractivity contribution in [3.63, 3.8) is 0 Å². The molecule has 27 heavy (non-hydrogen) atoms. The summed E-state index contributed by atoms with van der Waals surface area (Å²) >= 11 is 0. The number of rotatable bonds is 6. The Balaban J connectivity index is 2.00. The van der Waals surface area contributed by atoms with Crippen LogP contribution < -0.4 is 26.1 Å². The predicted octanol–water partition coefficient (Wildman–Crippen LogP) is 1.41. The van der Waals surface area contributed by atoms with Crippen LogP contribution in [0.25, 0.3) is 22.7 Å². The first-order valence-electron chi connectivity index (χ1n) is 9.66. The fourth-order valence-corrected chi connectivity index (χ4v) is 3.77. The molecule has 0 aliphatic carbocycles. The fraction of sp³-hybridized carbons (Fsp3) is 0.500. The molecule has 0 unspecified atom stereocenters. The molecule has 5 heteroatoms. The van der Waals surface area contributed by atoms with Crippen molar-refractivity contribution in [3.8, 4) is 5.75 Å². The Kier molecular flexibility index (Phi) is 5.61. The van der Waals surface area contributed by atoms with E-state index in [4.69, 9.17) is 4.74 Å². The van der Waals surface area contributed by atoms with Gasteiger partial charge >= 0.3 is 0 Å². The number of nitrogens with one attached hydrogen (secondary N) is 1. The molecule has 1 aromatic heterocycles. The third kappa shape index (κ3) is 3.88. The lowest BCUT2D eigenvalue weighted by molar-refractivity contribution is 0.165. The zero-order valence-corrected chi connectivity index (χ0v) is 17.3. The molecular formula is C22H31N3O2. The Morgan fingerprint density at radius 1 is 1.30 bits per heavy atom. The van der Waals surface area contributed by atoms with Crippen LogP contribution in [0.2, 0.25) is 0 Å². The first-order valence-corrected chi connectivity index (χ1v) is 9.66. The minimum Gasteiger partial charge on any atom is -0.492 e. The molecule has 0 fully saturated rings. The van der Waals surface area contributed by atoms with Gasteiger partial charge in [-0.1, -0.05) is 19.9 Å². The normalized spacial score (nSPS) is 14.9. The summed E-state index contributed by atoms with van der Waals surface area (Å²) in [6, 6.07) is 6.44. The number of hydrogen-bond donors (Lipinski definition) is 1. The molecule has 2 heterocycles. The molecule has 0 spiro atoms. The van der Waals surface area contributed by atoms with Crippen molar-refractivity contribution in [1.29, 1.82) is 0 Å². The summed E-state index contributed by atoms with van der Waals surface area (Å²) in [4.78, 5) is 15.1. The van der Waals surface area contributed by atoms with Gasteiger partial charge in [-0.2, -0.15) is 0 Å². The maximum atomic E-state index is 12.9. The Morgan fingerprint density at radius 3 is 2.70 bits per heavy atom. The molecule has 1 aliphatic rings. The summed E-state index contributed by atoms with van der Waals surface area (Å²) in [5.74, 6) is 1.43. The van der Waals surface area contributed by atoms with Crippen molar-refractivity contribution < 1.29 is 4.74 Å². The second-order valence-electron chi connectivity index (χ2n) is 8.10. The molecule has 3 rings (SSSR count). The van der Waals surface area contributed by atoms with Crippen LogP contribution in [0.5, 0.6) is 5.75 Å². The lowest BCUT2D eigenvalue weighted by atomic mass is 10.0. The average Bonchev–Trinajstić information content (AvgIpc) is 2.62. The predicted molar refractivity (Wildman–Crippen MR) is 112 cm³/mol. The molecule has 5 nitrogen and oxygen atoms in total. The van der Waals surface area contributed by atoms with E-state index in [2.05, 4.69) is 50.3 Å². The minimum absolute atomic E-state index is 0.0292. The van der Waals surface area contributed by atoms with Crippen LogP contribution in [0.1, 0.15) is 27.2 Å². The maximum absolute atomic E-state index is 12.9. The monoisotopic (exact) mass is 369 g/mol. The van der Waals surface area contributed by atoms with Gasteiger partial charge in [0.1, 0.15) is 12.4 Å². The molecule has 0 radical (unpaired) electrons. The van der Waals surface area contributed by atoms with E-state index in [9.17, 15) is 4.79 Å². The van der Waals surface area contributed by atoms with E-state index in [-0.39, 0.29) is 5.56 Å². The highest BCUT2D eigenvalue weighted by Crippen LogP contribution is 2.19. The van der Waals surface area contributed by atoms with E-state index in [0.717, 1.165) is 45.8 Å². The van der Waals surface area contributed by atoms with Gasteiger partial charge in [0.25, 0.3) is 5.56 Å². The quantitative estimate of drug-likeness (QED) is 0.836. The molecule has 1 atom stereocenters. The third-order valence-electron chi connectivity index (χ3n) is 5.37. The second-order valence-corrected chi connectivity index (χ2v) is 8.10. The third-order valence-corrected chi connectivity index (χ3v) is 5.37. The van der Waals surface area contributed by atoms with E-state index in [1.165, 1.54) is 0 Å². The van der Waals surface area contributed by atoms with Crippen LogP contribution in [-0.2, 0) is 7.05 Å². The van der Waals surface area contributed by atoms with Crippen molar-refractivity contribution in [2.75, 3.05) is 27.2 Å². The Morgan fingerprint density at radius 2 is 2.04 bits per heavy atom. The van der Waals surface area contributed by atoms with Crippen molar-refractivity contribution >= 4 is 22.7 Å². The van der Waals surface area contributed by atoms with Gasteiger partial charge in [-0.25, -0.2) is 0 Å². The number of aromatic nitrogens is 1. The van der Waals surface area contributed by atoms with E-state index in [1.807, 2.05) is 26.1 Å². The number of aryl methyl sites for hydroxylation is 1. The van der Waals surface area contributed by atoms with Gasteiger partial charge in [0.15, 0.2) is 0 Å². The summed E-state index contributed by atoms with van der Waals surface area (Å²) < 4.78 is 7.84. The zero-order valence-electron chi connectivity index (χ0n) is 17.3. The summed E-state index contributed by atoms with van der Waals surface area (Å²) in [6.07, 6.45) is 3.18. The van der Waals surface area contributed by atoms with Gasteiger partial charge < -0.3 is 19.5 Å².